The van der Waals surface area contributed by atoms with Crippen molar-refractivity contribution in [1.29, 1.82) is 0 Å². The third-order valence-electron chi connectivity index (χ3n) is 3.52. The summed E-state index contributed by atoms with van der Waals surface area (Å²) in [5.74, 6) is -0.311. The Labute approximate surface area is 134 Å². The Hall–Kier alpha value is -1.07. The van der Waals surface area contributed by atoms with Gasteiger partial charge in [-0.05, 0) is 60.4 Å². The van der Waals surface area contributed by atoms with Crippen molar-refractivity contribution in [2.45, 2.75) is 65.1 Å². The second-order valence-electron chi connectivity index (χ2n) is 5.79. The first-order valence-corrected chi connectivity index (χ1v) is 6.26. The van der Waals surface area contributed by atoms with E-state index in [-0.39, 0.29) is 5.75 Å². The minimum atomic E-state index is -3.46. The zero-order valence-electron chi connectivity index (χ0n) is 21.0. The van der Waals surface area contributed by atoms with Crippen LogP contribution in [0.2, 0.25) is 0 Å². The first kappa shape index (κ1) is 7.27. The highest BCUT2D eigenvalue weighted by atomic mass is 16.7. The normalized spacial score (nSPS) is 29.6. The number of rotatable bonds is 2. The first-order valence-electron chi connectivity index (χ1n) is 10.8. The SMILES string of the molecule is [2H]C([2H])([2H])C(Oc1ccc(B2OC(C)(C)C(C)(C)O2)nc1)(C([2H])([2H])[2H])C([2H])([2H])[2H]. The molecule has 2 rings (SSSR count). The van der Waals surface area contributed by atoms with Crippen molar-refractivity contribution >= 4 is 12.7 Å². The summed E-state index contributed by atoms with van der Waals surface area (Å²) in [6.45, 7) is -2.94. The summed E-state index contributed by atoms with van der Waals surface area (Å²) >= 11 is 0. The van der Waals surface area contributed by atoms with E-state index in [0.717, 1.165) is 6.20 Å². The molecule has 1 fully saturated rings. The Morgan fingerprint density at radius 1 is 1.15 bits per heavy atom. The van der Waals surface area contributed by atoms with Gasteiger partial charge in [0.15, 0.2) is 0 Å². The first-order chi connectivity index (χ1) is 12.8. The zero-order chi connectivity index (χ0) is 22.7. The van der Waals surface area contributed by atoms with E-state index >= 15 is 0 Å². The van der Waals surface area contributed by atoms with Gasteiger partial charge < -0.3 is 14.0 Å². The largest absolute Gasteiger partial charge is 0.514 e. The van der Waals surface area contributed by atoms with Gasteiger partial charge in [-0.15, -0.1) is 0 Å². The molecule has 1 saturated heterocycles. The summed E-state index contributed by atoms with van der Waals surface area (Å²) in [7, 11) is -0.799. The van der Waals surface area contributed by atoms with E-state index in [4.69, 9.17) is 26.4 Å². The standard InChI is InChI=1S/C15H24BNO3/c1-13(2,3)18-11-8-9-12(17-10-11)16-19-14(4,5)15(6,7)20-16/h8-10H,1-7H3/i1D3,2D3,3D3. The molecule has 0 atom stereocenters. The van der Waals surface area contributed by atoms with E-state index in [0.29, 0.717) is 5.59 Å². The van der Waals surface area contributed by atoms with Crippen molar-refractivity contribution in [2.75, 3.05) is 0 Å². The maximum Gasteiger partial charge on any atom is 0.514 e. The second kappa shape index (κ2) is 4.74. The highest BCUT2D eigenvalue weighted by Crippen LogP contribution is 2.36. The number of nitrogens with zero attached hydrogens (tertiary/aromatic N) is 1. The quantitative estimate of drug-likeness (QED) is 0.783. The molecule has 0 aromatic carbocycles. The van der Waals surface area contributed by atoms with Crippen molar-refractivity contribution < 1.29 is 26.4 Å². The van der Waals surface area contributed by atoms with Gasteiger partial charge >= 0.3 is 7.12 Å². The summed E-state index contributed by atoms with van der Waals surface area (Å²) in [5, 5.41) is 0. The van der Waals surface area contributed by atoms with Gasteiger partial charge in [0.2, 0.25) is 0 Å². The number of hydrogen-bond acceptors (Lipinski definition) is 4. The molecule has 0 amide bonds. The molecule has 1 aliphatic rings. The predicted molar refractivity (Wildman–Crippen MR) is 80.3 cm³/mol. The van der Waals surface area contributed by atoms with Crippen LogP contribution in [0.3, 0.4) is 0 Å². The molecule has 0 N–H and O–H groups in total. The molecule has 0 radical (unpaired) electrons. The van der Waals surface area contributed by atoms with E-state index in [9.17, 15) is 0 Å². The molecule has 0 bridgehead atoms. The van der Waals surface area contributed by atoms with Gasteiger partial charge in [-0.25, -0.2) is 0 Å². The van der Waals surface area contributed by atoms with Crippen LogP contribution >= 0.6 is 0 Å². The molecule has 110 valence electrons. The summed E-state index contributed by atoms with van der Waals surface area (Å²) in [6.07, 6.45) is 1.05. The van der Waals surface area contributed by atoms with Crippen molar-refractivity contribution in [1.82, 2.24) is 4.98 Å². The fraction of sp³-hybridized carbons (Fsp3) is 0.667. The Morgan fingerprint density at radius 2 is 1.75 bits per heavy atom. The summed E-state index contributed by atoms with van der Waals surface area (Å²) in [6, 6.07) is 2.64. The van der Waals surface area contributed by atoms with E-state index in [2.05, 4.69) is 4.98 Å². The van der Waals surface area contributed by atoms with Crippen LogP contribution in [0.15, 0.2) is 18.3 Å². The van der Waals surface area contributed by atoms with Gasteiger partial charge in [-0.3, -0.25) is 4.98 Å². The fourth-order valence-corrected chi connectivity index (χ4v) is 1.73. The molecule has 5 heteroatoms. The lowest BCUT2D eigenvalue weighted by atomic mass is 9.84. The molecule has 1 aliphatic heterocycles. The minimum absolute atomic E-state index is 0.311. The number of pyridine rings is 1. The highest BCUT2D eigenvalue weighted by Gasteiger charge is 2.52. The van der Waals surface area contributed by atoms with Crippen LogP contribution in [0.5, 0.6) is 5.75 Å². The lowest BCUT2D eigenvalue weighted by Crippen LogP contribution is -2.41. The van der Waals surface area contributed by atoms with E-state index in [1.54, 1.807) is 0 Å². The molecule has 0 spiro atoms. The average Bonchev–Trinajstić information content (AvgIpc) is 2.69. The topological polar surface area (TPSA) is 40.6 Å². The van der Waals surface area contributed by atoms with Crippen LogP contribution in [-0.2, 0) is 9.31 Å². The van der Waals surface area contributed by atoms with Crippen LogP contribution < -0.4 is 10.3 Å². The third-order valence-corrected chi connectivity index (χ3v) is 3.52. The number of aromatic nitrogens is 1. The van der Waals surface area contributed by atoms with Crippen LogP contribution in [0.25, 0.3) is 0 Å². The fourth-order valence-electron chi connectivity index (χ4n) is 1.73. The van der Waals surface area contributed by atoms with E-state index in [1.807, 2.05) is 27.7 Å². The molecule has 1 aromatic rings. The predicted octanol–water partition coefficient (Wildman–Crippen LogP) is 2.56. The van der Waals surface area contributed by atoms with Crippen molar-refractivity contribution in [3.8, 4) is 5.75 Å². The number of hydrogen-bond donors (Lipinski definition) is 0. The summed E-state index contributed by atoms with van der Waals surface area (Å²) in [5.41, 5.74) is -4.28. The van der Waals surface area contributed by atoms with Gasteiger partial charge in [0.25, 0.3) is 0 Å². The minimum Gasteiger partial charge on any atom is -0.487 e. The molecule has 0 unspecified atom stereocenters. The van der Waals surface area contributed by atoms with Crippen LogP contribution in [-0.4, -0.2) is 28.9 Å². The average molecular weight is 286 g/mol. The van der Waals surface area contributed by atoms with Gasteiger partial charge in [0.05, 0.1) is 23.0 Å². The van der Waals surface area contributed by atoms with Crippen molar-refractivity contribution in [2.24, 2.45) is 0 Å². The van der Waals surface area contributed by atoms with Crippen molar-refractivity contribution in [3.63, 3.8) is 0 Å². The Bertz CT molecular complexity index is 689. The van der Waals surface area contributed by atoms with Crippen LogP contribution in [0.1, 0.15) is 60.6 Å². The Balaban J connectivity index is 2.38. The second-order valence-corrected chi connectivity index (χ2v) is 5.79. The highest BCUT2D eigenvalue weighted by molar-refractivity contribution is 6.61. The maximum absolute atomic E-state index is 7.59. The molecular formula is C15H24BNO3. The third kappa shape index (κ3) is 3.15. The van der Waals surface area contributed by atoms with Crippen LogP contribution in [0, 0.1) is 0 Å². The molecule has 0 saturated carbocycles. The van der Waals surface area contributed by atoms with E-state index < -0.39 is 44.5 Å². The van der Waals surface area contributed by atoms with Crippen LogP contribution in [0.4, 0.5) is 0 Å². The maximum atomic E-state index is 7.59. The Kier molecular flexibility index (Phi) is 1.72. The van der Waals surface area contributed by atoms with Gasteiger partial charge in [-0.1, -0.05) is 0 Å². The van der Waals surface area contributed by atoms with Gasteiger partial charge in [0.1, 0.15) is 11.4 Å². The molecule has 1 aromatic heterocycles. The van der Waals surface area contributed by atoms with Gasteiger partial charge in [-0.2, -0.15) is 0 Å². The lowest BCUT2D eigenvalue weighted by Gasteiger charge is -2.32. The molecule has 0 aliphatic carbocycles. The molecule has 20 heavy (non-hydrogen) atoms. The van der Waals surface area contributed by atoms with Gasteiger partial charge in [0, 0.05) is 12.3 Å². The monoisotopic (exact) mass is 286 g/mol. The molecule has 2 heterocycles. The number of ether oxygens (including phenoxy) is 1. The summed E-state index contributed by atoms with van der Waals surface area (Å²) in [4.78, 5) is 4.10. The lowest BCUT2D eigenvalue weighted by molar-refractivity contribution is 0.00578. The zero-order valence-corrected chi connectivity index (χ0v) is 12.0. The van der Waals surface area contributed by atoms with Crippen molar-refractivity contribution in [3.05, 3.63) is 18.3 Å². The molecular weight excluding hydrogens is 253 g/mol. The Morgan fingerprint density at radius 3 is 2.20 bits per heavy atom. The molecule has 4 nitrogen and oxygen atoms in total. The smallest absolute Gasteiger partial charge is 0.487 e. The summed E-state index contributed by atoms with van der Waals surface area (Å²) < 4.78 is 85.2. The van der Waals surface area contributed by atoms with E-state index in [1.165, 1.54) is 12.1 Å².